The van der Waals surface area contributed by atoms with Crippen molar-refractivity contribution >= 4 is 29.3 Å². The molecule has 2 aromatic rings. The van der Waals surface area contributed by atoms with Crippen molar-refractivity contribution in [3.8, 4) is 0 Å². The lowest BCUT2D eigenvalue weighted by atomic mass is 10.0. The molecule has 0 radical (unpaired) electrons. The second kappa shape index (κ2) is 12.2. The van der Waals surface area contributed by atoms with E-state index in [1.54, 1.807) is 23.5 Å². The van der Waals surface area contributed by atoms with E-state index in [0.717, 1.165) is 35.9 Å². The van der Waals surface area contributed by atoms with Crippen LogP contribution in [-0.4, -0.2) is 40.7 Å². The molecule has 0 spiro atoms. The summed E-state index contributed by atoms with van der Waals surface area (Å²) in [6.07, 6.45) is 1.63. The molecule has 2 N–H and O–H groups in total. The predicted molar refractivity (Wildman–Crippen MR) is 112 cm³/mol. The quantitative estimate of drug-likeness (QED) is 0.421. The van der Waals surface area contributed by atoms with E-state index in [-0.39, 0.29) is 19.0 Å². The van der Waals surface area contributed by atoms with Crippen molar-refractivity contribution < 1.29 is 15.0 Å². The molecule has 0 fully saturated rings. The third-order valence-electron chi connectivity index (χ3n) is 3.86. The van der Waals surface area contributed by atoms with Gasteiger partial charge in [0.1, 0.15) is 0 Å². The Morgan fingerprint density at radius 3 is 1.42 bits per heavy atom. The minimum absolute atomic E-state index is 0.0453. The summed E-state index contributed by atoms with van der Waals surface area (Å²) < 4.78 is 0. The van der Waals surface area contributed by atoms with Gasteiger partial charge in [0.25, 0.3) is 0 Å². The molecule has 2 rings (SSSR count). The minimum Gasteiger partial charge on any atom is -0.396 e. The average molecular weight is 391 g/mol. The molecule has 0 heterocycles. The van der Waals surface area contributed by atoms with Crippen LogP contribution in [-0.2, 0) is 11.5 Å². The van der Waals surface area contributed by atoms with Crippen LogP contribution in [0.1, 0.15) is 39.9 Å². The molecule has 0 aliphatic rings. The summed E-state index contributed by atoms with van der Waals surface area (Å²) in [5, 5.41) is 17.6. The maximum Gasteiger partial charge on any atom is 0.193 e. The molecule has 5 heteroatoms. The highest BCUT2D eigenvalue weighted by Crippen LogP contribution is 2.18. The van der Waals surface area contributed by atoms with E-state index >= 15 is 0 Å². The van der Waals surface area contributed by atoms with Crippen molar-refractivity contribution in [1.29, 1.82) is 0 Å². The van der Waals surface area contributed by atoms with Crippen LogP contribution in [0, 0.1) is 0 Å². The zero-order valence-corrected chi connectivity index (χ0v) is 16.5. The Hall–Kier alpha value is -1.27. The first-order valence-corrected chi connectivity index (χ1v) is 11.2. The summed E-state index contributed by atoms with van der Waals surface area (Å²) >= 11 is 3.58. The number of aliphatic hydroxyl groups excluding tert-OH is 2. The smallest absolute Gasteiger partial charge is 0.193 e. The summed E-state index contributed by atoms with van der Waals surface area (Å²) in [5.41, 5.74) is 3.80. The summed E-state index contributed by atoms with van der Waals surface area (Å²) in [4.78, 5) is 12.6. The first-order chi connectivity index (χ1) is 12.7. The van der Waals surface area contributed by atoms with Crippen molar-refractivity contribution in [2.75, 3.05) is 24.7 Å². The van der Waals surface area contributed by atoms with Crippen molar-refractivity contribution in [1.82, 2.24) is 0 Å². The lowest BCUT2D eigenvalue weighted by Crippen LogP contribution is -2.01. The number of hydrogen-bond acceptors (Lipinski definition) is 5. The van der Waals surface area contributed by atoms with Crippen molar-refractivity contribution in [3.63, 3.8) is 0 Å². The molecule has 3 nitrogen and oxygen atoms in total. The monoisotopic (exact) mass is 390 g/mol. The van der Waals surface area contributed by atoms with Gasteiger partial charge in [-0.25, -0.2) is 0 Å². The highest BCUT2D eigenvalue weighted by molar-refractivity contribution is 7.98. The molecule has 26 heavy (non-hydrogen) atoms. The van der Waals surface area contributed by atoms with Crippen LogP contribution in [0.15, 0.2) is 48.5 Å². The molecular weight excluding hydrogens is 364 g/mol. The Kier molecular flexibility index (Phi) is 9.85. The van der Waals surface area contributed by atoms with E-state index in [2.05, 4.69) is 0 Å². The average Bonchev–Trinajstić information content (AvgIpc) is 2.69. The molecule has 0 bridgehead atoms. The third kappa shape index (κ3) is 7.16. The van der Waals surface area contributed by atoms with Gasteiger partial charge in [-0.15, -0.1) is 0 Å². The number of rotatable bonds is 12. The van der Waals surface area contributed by atoms with Gasteiger partial charge in [0.2, 0.25) is 0 Å². The van der Waals surface area contributed by atoms with Gasteiger partial charge in [0.15, 0.2) is 5.78 Å². The molecule has 0 saturated heterocycles. The molecule has 0 unspecified atom stereocenters. The summed E-state index contributed by atoms with van der Waals surface area (Å²) in [5.74, 6) is 3.74. The van der Waals surface area contributed by atoms with Crippen LogP contribution in [0.5, 0.6) is 0 Å². The fourth-order valence-electron chi connectivity index (χ4n) is 2.38. The molecule has 0 atom stereocenters. The lowest BCUT2D eigenvalue weighted by molar-refractivity contribution is 0.103. The van der Waals surface area contributed by atoms with Gasteiger partial charge in [-0.05, 0) is 35.5 Å². The second-order valence-electron chi connectivity index (χ2n) is 5.98. The van der Waals surface area contributed by atoms with E-state index in [0.29, 0.717) is 11.1 Å². The van der Waals surface area contributed by atoms with Gasteiger partial charge in [0.05, 0.1) is 0 Å². The maximum absolute atomic E-state index is 12.6. The van der Waals surface area contributed by atoms with E-state index in [1.807, 2.05) is 48.5 Å². The zero-order chi connectivity index (χ0) is 18.6. The SMILES string of the molecule is O=C(c1ccc(CSCCCO)cc1)c1ccc(CSCCCO)cc1. The Morgan fingerprint density at radius 2 is 1.08 bits per heavy atom. The summed E-state index contributed by atoms with van der Waals surface area (Å²) in [7, 11) is 0. The molecule has 0 aliphatic carbocycles. The molecule has 0 saturated carbocycles. The summed E-state index contributed by atoms with van der Waals surface area (Å²) in [6.45, 7) is 0.473. The van der Waals surface area contributed by atoms with Gasteiger partial charge >= 0.3 is 0 Å². The highest BCUT2D eigenvalue weighted by Gasteiger charge is 2.09. The number of carbonyl (C=O) groups excluding carboxylic acids is 1. The number of aliphatic hydroxyl groups is 2. The normalized spacial score (nSPS) is 10.8. The highest BCUT2D eigenvalue weighted by atomic mass is 32.2. The zero-order valence-electron chi connectivity index (χ0n) is 14.9. The molecular formula is C21H26O3S2. The van der Waals surface area contributed by atoms with E-state index in [9.17, 15) is 4.79 Å². The number of carbonyl (C=O) groups is 1. The van der Waals surface area contributed by atoms with Crippen LogP contribution < -0.4 is 0 Å². The van der Waals surface area contributed by atoms with Gasteiger partial charge in [-0.3, -0.25) is 4.79 Å². The molecule has 0 aromatic heterocycles. The predicted octanol–water partition coefficient (Wildman–Crippen LogP) is 4.15. The minimum atomic E-state index is 0.0453. The van der Waals surface area contributed by atoms with Crippen LogP contribution in [0.2, 0.25) is 0 Å². The van der Waals surface area contributed by atoms with Crippen LogP contribution in [0.3, 0.4) is 0 Å². The Labute approximate surface area is 164 Å². The topological polar surface area (TPSA) is 57.5 Å². The first-order valence-electron chi connectivity index (χ1n) is 8.84. The molecule has 0 amide bonds. The van der Waals surface area contributed by atoms with Crippen molar-refractivity contribution in [2.45, 2.75) is 24.3 Å². The molecule has 0 aliphatic heterocycles. The fraction of sp³-hybridized carbons (Fsp3) is 0.381. The lowest BCUT2D eigenvalue weighted by Gasteiger charge is -2.06. The van der Waals surface area contributed by atoms with Crippen LogP contribution >= 0.6 is 23.5 Å². The molecule has 2 aromatic carbocycles. The molecule has 140 valence electrons. The van der Waals surface area contributed by atoms with Crippen molar-refractivity contribution in [2.24, 2.45) is 0 Å². The van der Waals surface area contributed by atoms with E-state index in [4.69, 9.17) is 10.2 Å². The number of ketones is 1. The fourth-order valence-corrected chi connectivity index (χ4v) is 4.20. The Balaban J connectivity index is 1.87. The number of thioether (sulfide) groups is 2. The van der Waals surface area contributed by atoms with Crippen molar-refractivity contribution in [3.05, 3.63) is 70.8 Å². The van der Waals surface area contributed by atoms with Gasteiger partial charge < -0.3 is 10.2 Å². The largest absolute Gasteiger partial charge is 0.396 e. The van der Waals surface area contributed by atoms with E-state index in [1.165, 1.54) is 11.1 Å². The Bertz CT molecular complexity index is 596. The van der Waals surface area contributed by atoms with Gasteiger partial charge in [-0.2, -0.15) is 23.5 Å². The second-order valence-corrected chi connectivity index (χ2v) is 8.19. The third-order valence-corrected chi connectivity index (χ3v) is 6.09. The Morgan fingerprint density at radius 1 is 0.692 bits per heavy atom. The van der Waals surface area contributed by atoms with Gasteiger partial charge in [0, 0.05) is 35.8 Å². The standard InChI is InChI=1S/C21H26O3S2/c22-11-1-13-25-15-17-3-7-19(8-4-17)21(24)20-9-5-18(6-10-20)16-26-14-2-12-23/h3-10,22-23H,1-2,11-16H2. The van der Waals surface area contributed by atoms with E-state index < -0.39 is 0 Å². The maximum atomic E-state index is 12.6. The van der Waals surface area contributed by atoms with Crippen LogP contribution in [0.25, 0.3) is 0 Å². The first kappa shape index (κ1) is 21.0. The number of benzene rings is 2. The summed E-state index contributed by atoms with van der Waals surface area (Å²) in [6, 6.07) is 15.6. The van der Waals surface area contributed by atoms with Crippen LogP contribution in [0.4, 0.5) is 0 Å². The van der Waals surface area contributed by atoms with Gasteiger partial charge in [-0.1, -0.05) is 48.5 Å². The number of hydrogen-bond donors (Lipinski definition) is 2.